The Kier molecular flexibility index (Phi) is 30.2. The minimum Gasteiger partial charge on any atom is -0.450 e. The number of amides is 5. The number of non-ortho nitro benzene ring substituents is 1. The Hall–Kier alpha value is -7.63. The minimum atomic E-state index is -0.498. The molecule has 0 bridgehead atoms. The van der Waals surface area contributed by atoms with E-state index >= 15 is 0 Å². The topological polar surface area (TPSA) is 280 Å². The monoisotopic (exact) mass is 1320 g/mol. The van der Waals surface area contributed by atoms with Gasteiger partial charge in [-0.15, -0.1) is 0 Å². The SMILES string of the molecule is CCOC(=O)NCCc1ccccc1.CCOOC#CI.NCCc1ccccc1.NNc1ccc2c(c1)C(=O)NCC2.O=C1NCCc2ccc(I)cc21.O=C1NCCc2ccc([N+](=O)[O-])cc21.O=C1NCCc2ccccc21. The molecule has 5 amide bonds. The Morgan fingerprint density at radius 1 is 0.625 bits per heavy atom. The van der Waals surface area contributed by atoms with Crippen LogP contribution in [0.3, 0.4) is 0 Å². The number of nitrogen functional groups attached to an aromatic ring is 1. The maximum Gasteiger partial charge on any atom is 0.407 e. The van der Waals surface area contributed by atoms with Gasteiger partial charge in [0.15, 0.2) is 6.11 Å². The summed E-state index contributed by atoms with van der Waals surface area (Å²) in [7, 11) is 0. The van der Waals surface area contributed by atoms with Crippen LogP contribution in [0.25, 0.3) is 0 Å². The molecule has 0 spiro atoms. The Labute approximate surface area is 493 Å². The molecular weight excluding hydrogens is 1250 g/mol. The van der Waals surface area contributed by atoms with Gasteiger partial charge in [0.05, 0.1) is 18.1 Å². The molecule has 6 aromatic rings. The van der Waals surface area contributed by atoms with Gasteiger partial charge in [0.2, 0.25) is 0 Å². The highest BCUT2D eigenvalue weighted by Gasteiger charge is 2.20. The molecule has 0 radical (unpaired) electrons. The number of nitro groups is 1. The van der Waals surface area contributed by atoms with Gasteiger partial charge in [0.25, 0.3) is 29.3 Å². The highest BCUT2D eigenvalue weighted by Crippen LogP contribution is 2.21. The lowest BCUT2D eigenvalue weighted by Gasteiger charge is -2.16. The molecule has 0 unspecified atom stereocenters. The summed E-state index contributed by atoms with van der Waals surface area (Å²) in [5.41, 5.74) is 18.2. The van der Waals surface area contributed by atoms with Gasteiger partial charge in [-0.05, 0) is 145 Å². The number of anilines is 1. The molecule has 19 nitrogen and oxygen atoms in total. The summed E-state index contributed by atoms with van der Waals surface area (Å²) in [6.45, 7) is 8.79. The molecule has 4 aliphatic rings. The predicted molar refractivity (Wildman–Crippen MR) is 326 cm³/mol. The number of nitrogens with zero attached hydrogens (tertiary/aromatic N) is 1. The normalized spacial score (nSPS) is 12.6. The number of hydrazine groups is 1. The third-order valence-corrected chi connectivity index (χ3v) is 12.6. The molecule has 0 fully saturated rings. The number of fused-ring (bicyclic) bond motifs is 4. The number of hydrogen-bond acceptors (Lipinski definition) is 13. The average Bonchev–Trinajstić information content (AvgIpc) is 3.47. The number of alkyl carbamates (subject to hydrolysis) is 1. The van der Waals surface area contributed by atoms with Gasteiger partial charge in [0, 0.05) is 103 Å². The van der Waals surface area contributed by atoms with Crippen molar-refractivity contribution in [1.29, 1.82) is 0 Å². The molecule has 4 heterocycles. The minimum absolute atomic E-state index is 0.0154. The third kappa shape index (κ3) is 23.4. The second-order valence-corrected chi connectivity index (χ2v) is 19.0. The summed E-state index contributed by atoms with van der Waals surface area (Å²) in [6.07, 6.45) is 7.29. The number of nitrogens with one attached hydrogen (secondary N) is 6. The molecule has 80 heavy (non-hydrogen) atoms. The standard InChI is InChI=1S/C11H15NO2.C9H8INO.C9H11N3O.C9H8N2O3.C9H9NO.C8H11N.C4H5IO2/c1-2-14-11(13)12-9-8-10-6-4-3-5-7-10;10-7-2-1-6-3-4-11-9(12)8(6)5-7;10-12-7-2-1-6-3-4-11-9(13)8(6)5-7;12-9-8-5-7(11(13)14)2-1-6(8)3-4-10-9;11-9-8-4-2-1-3-7(8)5-6-10-9;9-7-6-8-4-2-1-3-5-8;1-2-6-7-4-3-5/h3-7H,2,8-9H2,1H3,(H,12,13);1-2,5H,3-4H2,(H,11,12);1-2,5,12H,3-4,10H2,(H,11,13);1-2,5H,3-4H2,(H,10,12);1-4H,5-6H2,(H,10,11);1-5H,6-7,9H2;2H2,1H3. The van der Waals surface area contributed by atoms with E-state index in [4.69, 9.17) is 16.3 Å². The number of hydrogen-bond donors (Lipinski definition) is 8. The first-order valence-electron chi connectivity index (χ1n) is 25.8. The lowest BCUT2D eigenvalue weighted by Crippen LogP contribution is -2.31. The van der Waals surface area contributed by atoms with Crippen molar-refractivity contribution in [3.05, 3.63) is 209 Å². The van der Waals surface area contributed by atoms with Gasteiger partial charge >= 0.3 is 6.09 Å². The van der Waals surface area contributed by atoms with Crippen LogP contribution >= 0.6 is 45.2 Å². The largest absolute Gasteiger partial charge is 0.450 e. The molecule has 0 aromatic heterocycles. The van der Waals surface area contributed by atoms with Crippen LogP contribution in [0, 0.1) is 23.7 Å². The van der Waals surface area contributed by atoms with Crippen LogP contribution in [0.4, 0.5) is 16.2 Å². The molecular formula is C59H67I2N9O10. The molecule has 10 N–H and O–H groups in total. The van der Waals surface area contributed by atoms with Gasteiger partial charge < -0.3 is 42.5 Å². The summed E-state index contributed by atoms with van der Waals surface area (Å²) in [5.74, 6) is 5.13. The van der Waals surface area contributed by atoms with Crippen LogP contribution < -0.4 is 43.6 Å². The van der Waals surface area contributed by atoms with Gasteiger partial charge in [-0.2, -0.15) is 4.89 Å². The van der Waals surface area contributed by atoms with E-state index in [0.717, 1.165) is 107 Å². The third-order valence-electron chi connectivity index (χ3n) is 11.7. The summed E-state index contributed by atoms with van der Waals surface area (Å²) >= 11 is 4.08. The fourth-order valence-electron chi connectivity index (χ4n) is 7.82. The summed E-state index contributed by atoms with van der Waals surface area (Å²) in [4.78, 5) is 74.7. The van der Waals surface area contributed by atoms with Crippen LogP contribution in [0.5, 0.6) is 0 Å². The second kappa shape index (κ2) is 37.3. The zero-order valence-electron chi connectivity index (χ0n) is 44.6. The van der Waals surface area contributed by atoms with Gasteiger partial charge in [-0.25, -0.2) is 4.79 Å². The van der Waals surface area contributed by atoms with Crippen LogP contribution in [-0.2, 0) is 53.0 Å². The van der Waals surface area contributed by atoms with Gasteiger partial charge in [-0.1, -0.05) is 97.1 Å². The smallest absolute Gasteiger partial charge is 0.407 e. The van der Waals surface area contributed by atoms with E-state index < -0.39 is 4.92 Å². The van der Waals surface area contributed by atoms with Gasteiger partial charge in [-0.3, -0.25) is 40.0 Å². The number of nitro benzene ring substituents is 1. The lowest BCUT2D eigenvalue weighted by molar-refractivity contribution is -0.384. The molecule has 0 saturated heterocycles. The number of carbonyl (C=O) groups excluding carboxylic acids is 5. The Morgan fingerprint density at radius 2 is 1.10 bits per heavy atom. The first kappa shape index (κ1) is 64.9. The van der Waals surface area contributed by atoms with Crippen molar-refractivity contribution in [2.24, 2.45) is 11.6 Å². The van der Waals surface area contributed by atoms with Crippen molar-refractivity contribution in [1.82, 2.24) is 26.6 Å². The molecule has 422 valence electrons. The predicted octanol–water partition coefficient (Wildman–Crippen LogP) is 8.16. The number of rotatable bonds is 10. The van der Waals surface area contributed by atoms with E-state index in [-0.39, 0.29) is 35.4 Å². The number of nitrogens with two attached hydrogens (primary N) is 2. The van der Waals surface area contributed by atoms with Crippen molar-refractivity contribution < 1.29 is 43.4 Å². The Balaban J connectivity index is 0.000000203. The van der Waals surface area contributed by atoms with E-state index in [9.17, 15) is 34.1 Å². The molecule has 21 heteroatoms. The van der Waals surface area contributed by atoms with Crippen LogP contribution in [0.2, 0.25) is 0 Å². The van der Waals surface area contributed by atoms with E-state index in [2.05, 4.69) is 86.5 Å². The van der Waals surface area contributed by atoms with E-state index in [1.54, 1.807) is 19.1 Å². The summed E-state index contributed by atoms with van der Waals surface area (Å²) in [5, 5.41) is 24.2. The van der Waals surface area contributed by atoms with E-state index in [1.807, 2.05) is 133 Å². The second-order valence-electron chi connectivity index (χ2n) is 17.2. The molecule has 0 saturated carbocycles. The van der Waals surface area contributed by atoms with E-state index in [0.29, 0.717) is 31.9 Å². The first-order chi connectivity index (χ1) is 38.8. The highest BCUT2D eigenvalue weighted by atomic mass is 127. The maximum absolute atomic E-state index is 11.4. The molecule has 0 atom stereocenters. The summed E-state index contributed by atoms with van der Waals surface area (Å²) < 4.78 is 8.32. The van der Waals surface area contributed by atoms with Crippen molar-refractivity contribution in [2.45, 2.75) is 52.4 Å². The fraction of sp³-hybridized carbons (Fsp3) is 0.271. The number of halogens is 2. The van der Waals surface area contributed by atoms with Crippen LogP contribution in [0.15, 0.2) is 140 Å². The van der Waals surface area contributed by atoms with Crippen molar-refractivity contribution in [3.8, 4) is 10.0 Å². The average molecular weight is 1320 g/mol. The van der Waals surface area contributed by atoms with Crippen molar-refractivity contribution in [2.75, 3.05) is 57.9 Å². The van der Waals surface area contributed by atoms with E-state index in [1.165, 1.54) is 28.8 Å². The number of ether oxygens (including phenoxy) is 1. The number of benzene rings is 6. The summed E-state index contributed by atoms with van der Waals surface area (Å²) in [6, 6.07) is 44.0. The van der Waals surface area contributed by atoms with Crippen LogP contribution in [-0.4, -0.2) is 87.1 Å². The Morgan fingerprint density at radius 3 is 1.60 bits per heavy atom. The molecule has 0 aliphatic carbocycles. The van der Waals surface area contributed by atoms with Crippen molar-refractivity contribution >= 4 is 86.3 Å². The molecule has 4 aliphatic heterocycles. The van der Waals surface area contributed by atoms with Crippen molar-refractivity contribution in [3.63, 3.8) is 0 Å². The molecule has 10 rings (SSSR count). The zero-order valence-corrected chi connectivity index (χ0v) is 48.9. The van der Waals surface area contributed by atoms with Crippen LogP contribution in [0.1, 0.15) is 88.7 Å². The fourth-order valence-corrected chi connectivity index (χ4v) is 8.40. The first-order valence-corrected chi connectivity index (χ1v) is 27.9. The Bertz CT molecular complexity index is 3010. The maximum atomic E-state index is 11.4. The quantitative estimate of drug-likeness (QED) is 0.0122. The highest BCUT2D eigenvalue weighted by molar-refractivity contribution is 14.1. The number of carbonyl (C=O) groups is 5. The van der Waals surface area contributed by atoms with Gasteiger partial charge in [0.1, 0.15) is 0 Å². The molecule has 6 aromatic carbocycles. The zero-order chi connectivity index (χ0) is 57.9. The lowest BCUT2D eigenvalue weighted by atomic mass is 10.00.